The molecule has 1 amide bonds. The molecule has 0 saturated carbocycles. The van der Waals surface area contributed by atoms with Gasteiger partial charge in [-0.3, -0.25) is 9.10 Å². The maximum atomic E-state index is 12.9. The Balaban J connectivity index is 1.77. The molecule has 0 bridgehead atoms. The number of benzene rings is 3. The molecule has 0 fully saturated rings. The van der Waals surface area contributed by atoms with E-state index in [9.17, 15) is 21.6 Å². The minimum Gasteiger partial charge on any atom is -0.495 e. The largest absolute Gasteiger partial charge is 0.495 e. The molecule has 0 aliphatic carbocycles. The molecule has 0 unspecified atom stereocenters. The fourth-order valence-electron chi connectivity index (χ4n) is 3.50. The van der Waals surface area contributed by atoms with Crippen LogP contribution in [0, 0.1) is 0 Å². The first-order chi connectivity index (χ1) is 17.9. The summed E-state index contributed by atoms with van der Waals surface area (Å²) >= 11 is 0. The lowest BCUT2D eigenvalue weighted by Crippen LogP contribution is -2.37. The van der Waals surface area contributed by atoms with Crippen LogP contribution in [-0.4, -0.2) is 48.7 Å². The molecule has 0 aliphatic rings. The quantitative estimate of drug-likeness (QED) is 0.347. The molecule has 0 spiro atoms. The second-order valence-electron chi connectivity index (χ2n) is 8.72. The summed E-state index contributed by atoms with van der Waals surface area (Å²) in [5.41, 5.74) is 1.33. The van der Waals surface area contributed by atoms with Crippen LogP contribution in [0.1, 0.15) is 19.4 Å². The van der Waals surface area contributed by atoms with E-state index in [0.29, 0.717) is 12.4 Å². The Morgan fingerprint density at radius 2 is 1.61 bits per heavy atom. The average molecular weight is 562 g/mol. The third kappa shape index (κ3) is 7.94. The van der Waals surface area contributed by atoms with Crippen LogP contribution in [0.5, 0.6) is 11.5 Å². The highest BCUT2D eigenvalue weighted by atomic mass is 32.2. The van der Waals surface area contributed by atoms with Crippen LogP contribution in [0.15, 0.2) is 77.7 Å². The average Bonchev–Trinajstić information content (AvgIpc) is 2.85. The molecule has 0 saturated heterocycles. The Kier molecular flexibility index (Phi) is 9.36. The lowest BCUT2D eigenvalue weighted by molar-refractivity contribution is -0.114. The molecule has 0 aliphatic heterocycles. The molecule has 0 aromatic heterocycles. The molecule has 10 nitrogen and oxygen atoms in total. The van der Waals surface area contributed by atoms with Gasteiger partial charge in [0.1, 0.15) is 24.7 Å². The number of ether oxygens (including phenoxy) is 2. The summed E-state index contributed by atoms with van der Waals surface area (Å²) in [7, 11) is -6.30. The topological polar surface area (TPSA) is 131 Å². The number of hydrogen-bond donors (Lipinski definition) is 2. The van der Waals surface area contributed by atoms with Crippen molar-refractivity contribution < 1.29 is 31.1 Å². The predicted molar refractivity (Wildman–Crippen MR) is 146 cm³/mol. The Morgan fingerprint density at radius 1 is 0.947 bits per heavy atom. The molecule has 0 radical (unpaired) electrons. The Bertz CT molecular complexity index is 1460. The predicted octanol–water partition coefficient (Wildman–Crippen LogP) is 3.37. The number of anilines is 2. The van der Waals surface area contributed by atoms with Crippen molar-refractivity contribution in [2.75, 3.05) is 29.5 Å². The van der Waals surface area contributed by atoms with Crippen molar-refractivity contribution in [1.82, 2.24) is 4.72 Å². The number of rotatable bonds is 12. The highest BCUT2D eigenvalue weighted by Crippen LogP contribution is 2.28. The number of nitrogens with one attached hydrogen (secondary N) is 2. The number of carbonyl (C=O) groups excluding carboxylic acids is 1. The van der Waals surface area contributed by atoms with Gasteiger partial charge in [0.25, 0.3) is 0 Å². The highest BCUT2D eigenvalue weighted by Gasteiger charge is 2.23. The van der Waals surface area contributed by atoms with E-state index in [1.54, 1.807) is 38.1 Å². The number of hydrogen-bond acceptors (Lipinski definition) is 7. The summed E-state index contributed by atoms with van der Waals surface area (Å²) in [6.45, 7) is 3.17. The van der Waals surface area contributed by atoms with E-state index in [1.165, 1.54) is 25.3 Å². The van der Waals surface area contributed by atoms with Gasteiger partial charge in [0.15, 0.2) is 0 Å². The van der Waals surface area contributed by atoms with Crippen LogP contribution in [0.25, 0.3) is 0 Å². The van der Waals surface area contributed by atoms with Crippen molar-refractivity contribution in [3.8, 4) is 11.5 Å². The lowest BCUT2D eigenvalue weighted by Gasteiger charge is -2.22. The zero-order valence-corrected chi connectivity index (χ0v) is 23.2. The molecule has 0 atom stereocenters. The molecule has 2 N–H and O–H groups in total. The van der Waals surface area contributed by atoms with Crippen molar-refractivity contribution in [3.05, 3.63) is 78.4 Å². The van der Waals surface area contributed by atoms with Gasteiger partial charge in [-0.05, 0) is 61.9 Å². The normalized spacial score (nSPS) is 11.7. The molecule has 204 valence electrons. The Morgan fingerprint density at radius 3 is 2.18 bits per heavy atom. The van der Waals surface area contributed by atoms with Gasteiger partial charge < -0.3 is 14.8 Å². The van der Waals surface area contributed by atoms with Crippen LogP contribution in [0.4, 0.5) is 11.4 Å². The summed E-state index contributed by atoms with van der Waals surface area (Å²) in [5, 5.41) is 2.56. The highest BCUT2D eigenvalue weighted by molar-refractivity contribution is 7.92. The maximum Gasteiger partial charge on any atom is 0.245 e. The minimum absolute atomic E-state index is 0.0756. The van der Waals surface area contributed by atoms with E-state index < -0.39 is 32.5 Å². The molecular weight excluding hydrogens is 530 g/mol. The van der Waals surface area contributed by atoms with Gasteiger partial charge in [-0.2, -0.15) is 0 Å². The van der Waals surface area contributed by atoms with Gasteiger partial charge in [-0.1, -0.05) is 30.3 Å². The number of nitrogens with zero attached hydrogens (tertiary/aromatic N) is 1. The van der Waals surface area contributed by atoms with Crippen molar-refractivity contribution in [2.45, 2.75) is 31.4 Å². The third-order valence-corrected chi connectivity index (χ3v) is 8.00. The fraction of sp³-hybridized carbons (Fsp3) is 0.269. The summed E-state index contributed by atoms with van der Waals surface area (Å²) in [5.74, 6) is 0.0606. The number of sulfonamides is 2. The monoisotopic (exact) mass is 561 g/mol. The van der Waals surface area contributed by atoms with E-state index in [2.05, 4.69) is 10.0 Å². The van der Waals surface area contributed by atoms with E-state index in [0.717, 1.165) is 16.1 Å². The van der Waals surface area contributed by atoms with Crippen molar-refractivity contribution in [3.63, 3.8) is 0 Å². The van der Waals surface area contributed by atoms with Crippen LogP contribution in [0.3, 0.4) is 0 Å². The van der Waals surface area contributed by atoms with E-state index in [4.69, 9.17) is 9.47 Å². The van der Waals surface area contributed by atoms with Crippen LogP contribution in [-0.2, 0) is 31.4 Å². The molecule has 0 heterocycles. The first-order valence-electron chi connectivity index (χ1n) is 11.6. The second kappa shape index (κ2) is 12.3. The van der Waals surface area contributed by atoms with Crippen molar-refractivity contribution in [2.24, 2.45) is 0 Å². The van der Waals surface area contributed by atoms with Gasteiger partial charge in [0.2, 0.25) is 26.0 Å². The van der Waals surface area contributed by atoms with E-state index >= 15 is 0 Å². The van der Waals surface area contributed by atoms with Gasteiger partial charge in [-0.15, -0.1) is 0 Å². The van der Waals surface area contributed by atoms with Crippen LogP contribution in [0.2, 0.25) is 0 Å². The van der Waals surface area contributed by atoms with Crippen molar-refractivity contribution in [1.29, 1.82) is 0 Å². The van der Waals surface area contributed by atoms with E-state index in [-0.39, 0.29) is 28.1 Å². The van der Waals surface area contributed by atoms with Crippen LogP contribution >= 0.6 is 0 Å². The minimum atomic E-state index is -3.84. The molecular formula is C26H31N3O7S2. The SMILES string of the molecule is COc1ccc(S(=O)(=O)NC(C)C)cc1NC(=O)CN(c1ccc(OCc2ccccc2)cc1)S(C)(=O)=O. The summed E-state index contributed by atoms with van der Waals surface area (Å²) < 4.78 is 64.6. The van der Waals surface area contributed by atoms with Gasteiger partial charge >= 0.3 is 0 Å². The van der Waals surface area contributed by atoms with Crippen LogP contribution < -0.4 is 23.8 Å². The van der Waals surface area contributed by atoms with Crippen molar-refractivity contribution >= 4 is 37.3 Å². The zero-order chi connectivity index (χ0) is 27.9. The Labute approximate surface area is 223 Å². The lowest BCUT2D eigenvalue weighted by atomic mass is 10.2. The molecule has 3 aromatic rings. The maximum absolute atomic E-state index is 12.9. The molecule has 12 heteroatoms. The van der Waals surface area contributed by atoms with Gasteiger partial charge in [0.05, 0.1) is 29.6 Å². The smallest absolute Gasteiger partial charge is 0.245 e. The van der Waals surface area contributed by atoms with Gasteiger partial charge in [0, 0.05) is 6.04 Å². The second-order valence-corrected chi connectivity index (χ2v) is 12.3. The fourth-order valence-corrected chi connectivity index (χ4v) is 5.63. The van der Waals surface area contributed by atoms with E-state index in [1.807, 2.05) is 30.3 Å². The summed E-state index contributed by atoms with van der Waals surface area (Å²) in [6, 6.07) is 19.6. The zero-order valence-electron chi connectivity index (χ0n) is 21.5. The van der Waals surface area contributed by atoms with Gasteiger partial charge in [-0.25, -0.2) is 21.6 Å². The molecule has 38 heavy (non-hydrogen) atoms. The first-order valence-corrected chi connectivity index (χ1v) is 15.0. The standard InChI is InChI=1S/C26H31N3O7S2/c1-19(2)28-38(33,34)23-14-15-25(35-3)24(16-23)27-26(30)17-29(37(4,31)32)21-10-12-22(13-11-21)36-18-20-8-6-5-7-9-20/h5-16,19,28H,17-18H2,1-4H3,(H,27,30). The third-order valence-electron chi connectivity index (χ3n) is 5.21. The summed E-state index contributed by atoms with van der Waals surface area (Å²) in [4.78, 5) is 12.8. The Hall–Kier alpha value is -3.61. The molecule has 3 rings (SSSR count). The first kappa shape index (κ1) is 29.0. The summed E-state index contributed by atoms with van der Waals surface area (Å²) in [6.07, 6.45) is 0.992. The number of amides is 1. The molecule has 3 aromatic carbocycles. The number of methoxy groups -OCH3 is 1. The number of carbonyl (C=O) groups is 1.